The Morgan fingerprint density at radius 2 is 1.83 bits per heavy atom. The van der Waals surface area contributed by atoms with E-state index in [4.69, 9.17) is 4.74 Å². The van der Waals surface area contributed by atoms with Crippen LogP contribution in [0.3, 0.4) is 0 Å². The first kappa shape index (κ1) is 22.0. The molecule has 162 valence electrons. The van der Waals surface area contributed by atoms with E-state index in [1.807, 2.05) is 4.90 Å². The van der Waals surface area contributed by atoms with E-state index >= 15 is 0 Å². The van der Waals surface area contributed by atoms with Crippen LogP contribution in [-0.2, 0) is 25.7 Å². The SMILES string of the molecule is COCCN1CCC(N2CCN(S(=O)(=O)c3cccc(C(F)(F)F)c3)CC2)C1=O. The molecule has 7 nitrogen and oxygen atoms in total. The van der Waals surface area contributed by atoms with Crippen LogP contribution in [-0.4, -0.2) is 87.5 Å². The largest absolute Gasteiger partial charge is 0.416 e. The van der Waals surface area contributed by atoms with Crippen molar-refractivity contribution < 1.29 is 31.1 Å². The van der Waals surface area contributed by atoms with E-state index in [9.17, 15) is 26.4 Å². The summed E-state index contributed by atoms with van der Waals surface area (Å²) >= 11 is 0. The smallest absolute Gasteiger partial charge is 0.383 e. The second kappa shape index (κ2) is 8.58. The minimum Gasteiger partial charge on any atom is -0.383 e. The molecule has 3 rings (SSSR count). The van der Waals surface area contributed by atoms with Gasteiger partial charge in [0.25, 0.3) is 0 Å². The molecule has 0 radical (unpaired) electrons. The molecule has 11 heteroatoms. The lowest BCUT2D eigenvalue weighted by atomic mass is 10.2. The van der Waals surface area contributed by atoms with Crippen LogP contribution in [0.1, 0.15) is 12.0 Å². The fourth-order valence-corrected chi connectivity index (χ4v) is 5.19. The van der Waals surface area contributed by atoms with E-state index in [-0.39, 0.29) is 29.9 Å². The Morgan fingerprint density at radius 1 is 1.14 bits per heavy atom. The van der Waals surface area contributed by atoms with Crippen LogP contribution in [0.5, 0.6) is 0 Å². The van der Waals surface area contributed by atoms with Gasteiger partial charge in [0.2, 0.25) is 15.9 Å². The summed E-state index contributed by atoms with van der Waals surface area (Å²) in [7, 11) is -2.46. The number of nitrogens with zero attached hydrogens (tertiary/aromatic N) is 3. The summed E-state index contributed by atoms with van der Waals surface area (Å²) in [6, 6.07) is 3.49. The van der Waals surface area contributed by atoms with Gasteiger partial charge in [0, 0.05) is 46.4 Å². The van der Waals surface area contributed by atoms with Crippen LogP contribution in [0, 0.1) is 0 Å². The molecule has 0 spiro atoms. The Labute approximate surface area is 168 Å². The molecule has 2 aliphatic heterocycles. The van der Waals surface area contributed by atoms with Gasteiger partial charge in [-0.2, -0.15) is 17.5 Å². The molecule has 0 saturated carbocycles. The number of ether oxygens (including phenoxy) is 1. The molecule has 2 saturated heterocycles. The number of halogens is 3. The van der Waals surface area contributed by atoms with Gasteiger partial charge in [-0.15, -0.1) is 0 Å². The Bertz CT molecular complexity index is 839. The first-order chi connectivity index (χ1) is 13.6. The van der Waals surface area contributed by atoms with Crippen molar-refractivity contribution in [1.82, 2.24) is 14.1 Å². The van der Waals surface area contributed by atoms with E-state index < -0.39 is 21.8 Å². The Morgan fingerprint density at radius 3 is 2.45 bits per heavy atom. The number of piperazine rings is 1. The maximum absolute atomic E-state index is 12.9. The number of rotatable bonds is 6. The Kier molecular flexibility index (Phi) is 6.51. The molecule has 2 fully saturated rings. The van der Waals surface area contributed by atoms with E-state index in [1.165, 1.54) is 10.4 Å². The van der Waals surface area contributed by atoms with Crippen LogP contribution in [0.4, 0.5) is 13.2 Å². The molecule has 1 atom stereocenters. The van der Waals surface area contributed by atoms with E-state index in [0.29, 0.717) is 45.3 Å². The van der Waals surface area contributed by atoms with Gasteiger partial charge in [-0.05, 0) is 24.6 Å². The minimum atomic E-state index is -4.61. The highest BCUT2D eigenvalue weighted by molar-refractivity contribution is 7.89. The van der Waals surface area contributed by atoms with Gasteiger partial charge in [0.1, 0.15) is 0 Å². The van der Waals surface area contributed by atoms with Crippen molar-refractivity contribution in [3.05, 3.63) is 29.8 Å². The monoisotopic (exact) mass is 435 g/mol. The predicted octanol–water partition coefficient (Wildman–Crippen LogP) is 1.26. The van der Waals surface area contributed by atoms with Crippen molar-refractivity contribution >= 4 is 15.9 Å². The summed E-state index contributed by atoms with van der Waals surface area (Å²) in [6.45, 7) is 2.58. The molecular formula is C18H24F3N3O4S. The molecule has 29 heavy (non-hydrogen) atoms. The highest BCUT2D eigenvalue weighted by Gasteiger charge is 2.39. The second-order valence-corrected chi connectivity index (χ2v) is 9.03. The van der Waals surface area contributed by atoms with E-state index in [2.05, 4.69) is 0 Å². The first-order valence-electron chi connectivity index (χ1n) is 9.34. The van der Waals surface area contributed by atoms with Crippen LogP contribution >= 0.6 is 0 Å². The fourth-order valence-electron chi connectivity index (χ4n) is 3.72. The number of amides is 1. The molecular weight excluding hydrogens is 411 g/mol. The van der Waals surface area contributed by atoms with Crippen molar-refractivity contribution in [2.75, 3.05) is 53.0 Å². The molecule has 1 aromatic carbocycles. The number of sulfonamides is 1. The first-order valence-corrected chi connectivity index (χ1v) is 10.8. The third-order valence-electron chi connectivity index (χ3n) is 5.35. The number of alkyl halides is 3. The standard InChI is InChI=1S/C18H24F3N3O4S/c1-28-12-11-23-6-5-16(17(23)25)22-7-9-24(10-8-22)29(26,27)15-4-2-3-14(13-15)18(19,20)21/h2-4,13,16H,5-12H2,1H3. The van der Waals surface area contributed by atoms with Gasteiger partial charge in [-0.25, -0.2) is 8.42 Å². The van der Waals surface area contributed by atoms with Crippen LogP contribution in [0.2, 0.25) is 0 Å². The third-order valence-corrected chi connectivity index (χ3v) is 7.24. The Balaban J connectivity index is 1.64. The van der Waals surface area contributed by atoms with Gasteiger partial charge in [0.15, 0.2) is 0 Å². The van der Waals surface area contributed by atoms with E-state index in [0.717, 1.165) is 12.1 Å². The number of benzene rings is 1. The quantitative estimate of drug-likeness (QED) is 0.673. The lowest BCUT2D eigenvalue weighted by Gasteiger charge is -2.36. The highest BCUT2D eigenvalue weighted by atomic mass is 32.2. The average Bonchev–Trinajstić information content (AvgIpc) is 3.06. The van der Waals surface area contributed by atoms with Crippen molar-refractivity contribution in [3.63, 3.8) is 0 Å². The van der Waals surface area contributed by atoms with Gasteiger partial charge in [-0.3, -0.25) is 9.69 Å². The number of carbonyl (C=O) groups excluding carboxylic acids is 1. The summed E-state index contributed by atoms with van der Waals surface area (Å²) in [5.41, 5.74) is -0.995. The highest BCUT2D eigenvalue weighted by Crippen LogP contribution is 2.31. The van der Waals surface area contributed by atoms with Gasteiger partial charge in [-0.1, -0.05) is 6.07 Å². The number of carbonyl (C=O) groups is 1. The van der Waals surface area contributed by atoms with Crippen LogP contribution < -0.4 is 0 Å². The van der Waals surface area contributed by atoms with Crippen molar-refractivity contribution in [2.45, 2.75) is 23.5 Å². The normalized spacial score (nSPS) is 22.4. The van der Waals surface area contributed by atoms with E-state index in [1.54, 1.807) is 12.0 Å². The zero-order valence-corrected chi connectivity index (χ0v) is 16.9. The molecule has 0 aromatic heterocycles. The summed E-state index contributed by atoms with van der Waals surface area (Å²) < 4.78 is 70.5. The molecule has 2 heterocycles. The molecule has 1 unspecified atom stereocenters. The van der Waals surface area contributed by atoms with Gasteiger partial charge >= 0.3 is 6.18 Å². The zero-order chi connectivity index (χ0) is 21.2. The topological polar surface area (TPSA) is 70.2 Å². The van der Waals surface area contributed by atoms with Crippen LogP contribution in [0.15, 0.2) is 29.2 Å². The Hall–Kier alpha value is -1.69. The molecule has 0 aliphatic carbocycles. The average molecular weight is 435 g/mol. The molecule has 0 N–H and O–H groups in total. The number of hydrogen-bond acceptors (Lipinski definition) is 5. The third kappa shape index (κ3) is 4.73. The van der Waals surface area contributed by atoms with Gasteiger partial charge < -0.3 is 9.64 Å². The lowest BCUT2D eigenvalue weighted by molar-refractivity contribution is -0.137. The summed E-state index contributed by atoms with van der Waals surface area (Å²) in [5, 5.41) is 0. The maximum Gasteiger partial charge on any atom is 0.416 e. The summed E-state index contributed by atoms with van der Waals surface area (Å²) in [5.74, 6) is 0.0104. The van der Waals surface area contributed by atoms with Gasteiger partial charge in [0.05, 0.1) is 23.1 Å². The maximum atomic E-state index is 12.9. The number of methoxy groups -OCH3 is 1. The zero-order valence-electron chi connectivity index (χ0n) is 16.1. The summed E-state index contributed by atoms with van der Waals surface area (Å²) in [6.07, 6.45) is -3.94. The fraction of sp³-hybridized carbons (Fsp3) is 0.611. The molecule has 2 aliphatic rings. The van der Waals surface area contributed by atoms with Crippen LogP contribution in [0.25, 0.3) is 0 Å². The number of hydrogen-bond donors (Lipinski definition) is 0. The molecule has 0 bridgehead atoms. The molecule has 1 amide bonds. The van der Waals surface area contributed by atoms with Crippen molar-refractivity contribution in [2.24, 2.45) is 0 Å². The van der Waals surface area contributed by atoms with Crippen molar-refractivity contribution in [1.29, 1.82) is 0 Å². The minimum absolute atomic E-state index is 0.0104. The second-order valence-electron chi connectivity index (χ2n) is 7.09. The molecule has 1 aromatic rings. The number of likely N-dealkylation sites (tertiary alicyclic amines) is 1. The summed E-state index contributed by atoms with van der Waals surface area (Å²) in [4.78, 5) is 15.8. The lowest BCUT2D eigenvalue weighted by Crippen LogP contribution is -2.53. The van der Waals surface area contributed by atoms with Crippen molar-refractivity contribution in [3.8, 4) is 0 Å². The predicted molar refractivity (Wildman–Crippen MR) is 98.6 cm³/mol.